The molecule has 6 nitrogen and oxygen atoms in total. The Labute approximate surface area is 187 Å². The molecule has 0 aliphatic rings. The Balaban J connectivity index is 0.00000729. The van der Waals surface area contributed by atoms with Gasteiger partial charge in [-0.1, -0.05) is 26.0 Å². The number of ether oxygens (including phenoxy) is 1. The summed E-state index contributed by atoms with van der Waals surface area (Å²) in [5, 5.41) is 6.58. The van der Waals surface area contributed by atoms with E-state index in [4.69, 9.17) is 4.74 Å². The molecule has 7 heteroatoms. The van der Waals surface area contributed by atoms with Gasteiger partial charge < -0.3 is 20.3 Å². The molecule has 0 aliphatic heterocycles. The zero-order valence-electron chi connectivity index (χ0n) is 18.0. The highest BCUT2D eigenvalue weighted by Crippen LogP contribution is 2.08. The molecule has 0 saturated carbocycles. The lowest BCUT2D eigenvalue weighted by Gasteiger charge is -2.18. The van der Waals surface area contributed by atoms with Crippen LogP contribution in [-0.4, -0.2) is 56.7 Å². The maximum absolute atomic E-state index is 12.3. The molecular formula is C21H37IN4O2. The predicted octanol–water partition coefficient (Wildman–Crippen LogP) is 3.51. The molecular weight excluding hydrogens is 467 g/mol. The van der Waals surface area contributed by atoms with Gasteiger partial charge in [0, 0.05) is 52.0 Å². The summed E-state index contributed by atoms with van der Waals surface area (Å²) in [7, 11) is 1.76. The number of nitrogens with one attached hydrogen (secondary N) is 2. The summed E-state index contributed by atoms with van der Waals surface area (Å²) >= 11 is 0. The summed E-state index contributed by atoms with van der Waals surface area (Å²) < 4.78 is 5.57. The molecule has 0 spiro atoms. The Kier molecular flexibility index (Phi) is 14.8. The number of halogens is 1. The molecule has 0 fully saturated rings. The van der Waals surface area contributed by atoms with E-state index in [1.165, 1.54) is 0 Å². The van der Waals surface area contributed by atoms with E-state index >= 15 is 0 Å². The van der Waals surface area contributed by atoms with Gasteiger partial charge in [0.2, 0.25) is 0 Å². The van der Waals surface area contributed by atoms with Crippen LogP contribution in [0.4, 0.5) is 0 Å². The van der Waals surface area contributed by atoms with E-state index < -0.39 is 0 Å². The van der Waals surface area contributed by atoms with E-state index in [0.29, 0.717) is 12.5 Å². The van der Waals surface area contributed by atoms with Crippen molar-refractivity contribution >= 4 is 35.8 Å². The predicted molar refractivity (Wildman–Crippen MR) is 128 cm³/mol. The van der Waals surface area contributed by atoms with Crippen molar-refractivity contribution in [1.82, 2.24) is 15.5 Å². The lowest BCUT2D eigenvalue weighted by molar-refractivity contribution is 0.0773. The molecule has 0 aliphatic carbocycles. The molecule has 28 heavy (non-hydrogen) atoms. The minimum absolute atomic E-state index is 0. The fourth-order valence-electron chi connectivity index (χ4n) is 2.57. The van der Waals surface area contributed by atoms with Crippen molar-refractivity contribution in [1.29, 1.82) is 0 Å². The molecule has 160 valence electrons. The lowest BCUT2D eigenvalue weighted by Crippen LogP contribution is -2.37. The number of hydrogen-bond acceptors (Lipinski definition) is 3. The summed E-state index contributed by atoms with van der Waals surface area (Å²) in [6.07, 6.45) is 0.940. The topological polar surface area (TPSA) is 66.0 Å². The third-order valence-electron chi connectivity index (χ3n) is 4.14. The van der Waals surface area contributed by atoms with E-state index in [-0.39, 0.29) is 29.9 Å². The summed E-state index contributed by atoms with van der Waals surface area (Å²) in [6.45, 7) is 12.8. The first-order valence-electron chi connectivity index (χ1n) is 9.92. The van der Waals surface area contributed by atoms with Crippen LogP contribution >= 0.6 is 24.0 Å². The second-order valence-electron chi connectivity index (χ2n) is 6.85. The van der Waals surface area contributed by atoms with Gasteiger partial charge in [-0.05, 0) is 43.9 Å². The second-order valence-corrected chi connectivity index (χ2v) is 6.85. The van der Waals surface area contributed by atoms with Gasteiger partial charge in [0.1, 0.15) is 0 Å². The number of hydrogen-bond donors (Lipinski definition) is 2. The number of guanidine groups is 1. The summed E-state index contributed by atoms with van der Waals surface area (Å²) in [6, 6.07) is 7.74. The summed E-state index contributed by atoms with van der Waals surface area (Å²) in [4.78, 5) is 18.4. The maximum atomic E-state index is 12.3. The number of nitrogens with zero attached hydrogens (tertiary/aromatic N) is 2. The van der Waals surface area contributed by atoms with Crippen LogP contribution in [0, 0.1) is 5.92 Å². The molecule has 0 atom stereocenters. The van der Waals surface area contributed by atoms with E-state index in [1.807, 2.05) is 43.0 Å². The third-order valence-corrected chi connectivity index (χ3v) is 4.14. The number of carbonyl (C=O) groups excluding carboxylic acids is 1. The smallest absolute Gasteiger partial charge is 0.253 e. The molecule has 1 amide bonds. The number of aliphatic imine (C=N–C) groups is 1. The summed E-state index contributed by atoms with van der Waals surface area (Å²) in [5.74, 6) is 1.42. The van der Waals surface area contributed by atoms with Crippen molar-refractivity contribution in [2.24, 2.45) is 10.9 Å². The van der Waals surface area contributed by atoms with Crippen LogP contribution in [0.5, 0.6) is 0 Å². The largest absolute Gasteiger partial charge is 0.381 e. The highest BCUT2D eigenvalue weighted by Gasteiger charge is 2.11. The van der Waals surface area contributed by atoms with Gasteiger partial charge in [0.15, 0.2) is 5.96 Å². The number of rotatable bonds is 11. The van der Waals surface area contributed by atoms with Gasteiger partial charge in [-0.2, -0.15) is 0 Å². The first-order valence-corrected chi connectivity index (χ1v) is 9.92. The van der Waals surface area contributed by atoms with Crippen LogP contribution in [-0.2, 0) is 11.3 Å². The van der Waals surface area contributed by atoms with Crippen molar-refractivity contribution in [2.75, 3.05) is 39.9 Å². The zero-order chi connectivity index (χ0) is 20.1. The Bertz CT molecular complexity index is 572. The number of carbonyl (C=O) groups is 1. The number of amides is 1. The average Bonchev–Trinajstić information content (AvgIpc) is 2.67. The Morgan fingerprint density at radius 3 is 2.32 bits per heavy atom. The first kappa shape index (κ1) is 26.6. The highest BCUT2D eigenvalue weighted by molar-refractivity contribution is 14.0. The molecule has 0 saturated heterocycles. The van der Waals surface area contributed by atoms with Crippen molar-refractivity contribution in [3.63, 3.8) is 0 Å². The van der Waals surface area contributed by atoms with Crippen molar-refractivity contribution in [3.05, 3.63) is 35.4 Å². The molecule has 0 aromatic heterocycles. The second kappa shape index (κ2) is 15.6. The lowest BCUT2D eigenvalue weighted by atomic mass is 10.1. The van der Waals surface area contributed by atoms with Crippen molar-refractivity contribution in [3.8, 4) is 0 Å². The molecule has 0 bridgehead atoms. The van der Waals surface area contributed by atoms with Gasteiger partial charge in [0.05, 0.1) is 0 Å². The monoisotopic (exact) mass is 504 g/mol. The molecule has 0 heterocycles. The molecule has 1 rings (SSSR count). The Hall–Kier alpha value is -1.35. The van der Waals surface area contributed by atoms with Gasteiger partial charge in [-0.3, -0.25) is 9.79 Å². The average molecular weight is 504 g/mol. The third kappa shape index (κ3) is 10.3. The van der Waals surface area contributed by atoms with Crippen LogP contribution in [0.15, 0.2) is 29.3 Å². The molecule has 0 radical (unpaired) electrons. The molecule has 1 aromatic rings. The fraction of sp³-hybridized carbons (Fsp3) is 0.619. The Morgan fingerprint density at radius 1 is 1.14 bits per heavy atom. The van der Waals surface area contributed by atoms with Gasteiger partial charge in [-0.15, -0.1) is 24.0 Å². The SMILES string of the molecule is CCN(CC)C(=O)c1ccc(CNC(=NC)NCCCOCC(C)C)cc1.I. The standard InChI is InChI=1S/C21H36N4O2.HI/c1-6-25(7-2)20(26)19-11-9-18(10-12-19)15-24-21(22-5)23-13-8-14-27-16-17(3)4;/h9-12,17H,6-8,13-16H2,1-5H3,(H2,22,23,24);1H. The van der Waals surface area contributed by atoms with Crippen LogP contribution in [0.1, 0.15) is 50.0 Å². The van der Waals surface area contributed by atoms with E-state index in [0.717, 1.165) is 56.4 Å². The van der Waals surface area contributed by atoms with E-state index in [1.54, 1.807) is 7.05 Å². The van der Waals surface area contributed by atoms with Crippen molar-refractivity contribution in [2.45, 2.75) is 40.7 Å². The van der Waals surface area contributed by atoms with Gasteiger partial charge in [0.25, 0.3) is 5.91 Å². The number of benzene rings is 1. The van der Waals surface area contributed by atoms with Crippen molar-refractivity contribution < 1.29 is 9.53 Å². The Morgan fingerprint density at radius 2 is 1.79 bits per heavy atom. The van der Waals surface area contributed by atoms with E-state index in [2.05, 4.69) is 29.5 Å². The fourth-order valence-corrected chi connectivity index (χ4v) is 2.57. The first-order chi connectivity index (χ1) is 13.0. The van der Waals surface area contributed by atoms with E-state index in [9.17, 15) is 4.79 Å². The van der Waals surface area contributed by atoms with Crippen LogP contribution in [0.3, 0.4) is 0 Å². The molecule has 0 unspecified atom stereocenters. The van der Waals surface area contributed by atoms with Crippen LogP contribution in [0.25, 0.3) is 0 Å². The zero-order valence-corrected chi connectivity index (χ0v) is 20.3. The van der Waals surface area contributed by atoms with Gasteiger partial charge in [-0.25, -0.2) is 0 Å². The minimum atomic E-state index is 0. The quantitative estimate of drug-likeness (QED) is 0.210. The highest BCUT2D eigenvalue weighted by atomic mass is 127. The normalized spacial score (nSPS) is 11.1. The minimum Gasteiger partial charge on any atom is -0.381 e. The van der Waals surface area contributed by atoms with Crippen LogP contribution in [0.2, 0.25) is 0 Å². The summed E-state index contributed by atoms with van der Waals surface area (Å²) in [5.41, 5.74) is 1.83. The molecule has 1 aromatic carbocycles. The van der Waals surface area contributed by atoms with Crippen LogP contribution < -0.4 is 10.6 Å². The maximum Gasteiger partial charge on any atom is 0.253 e. The molecule has 2 N–H and O–H groups in total. The van der Waals surface area contributed by atoms with Gasteiger partial charge >= 0.3 is 0 Å².